The van der Waals surface area contributed by atoms with E-state index in [1.165, 1.54) is 35.1 Å². The van der Waals surface area contributed by atoms with Crippen LogP contribution in [0.5, 0.6) is 0 Å². The van der Waals surface area contributed by atoms with Gasteiger partial charge < -0.3 is 20.1 Å². The second-order valence-electron chi connectivity index (χ2n) is 8.49. The van der Waals surface area contributed by atoms with Crippen molar-refractivity contribution in [3.05, 3.63) is 75.9 Å². The smallest absolute Gasteiger partial charge is 0.164 e. The number of ether oxygens (including phenoxy) is 1. The second-order valence-corrected chi connectivity index (χ2v) is 9.33. The van der Waals surface area contributed by atoms with E-state index in [9.17, 15) is 24.1 Å². The molecule has 37 heavy (non-hydrogen) atoms. The lowest BCUT2D eigenvalue weighted by Gasteiger charge is -2.41. The zero-order chi connectivity index (χ0) is 26.4. The summed E-state index contributed by atoms with van der Waals surface area (Å²) in [6, 6.07) is 6.79. The molecule has 0 unspecified atom stereocenters. The van der Waals surface area contributed by atoms with Gasteiger partial charge in [-0.1, -0.05) is 34.5 Å². The van der Waals surface area contributed by atoms with Crippen molar-refractivity contribution in [2.24, 2.45) is 0 Å². The minimum atomic E-state index is -1.50. The highest BCUT2D eigenvalue weighted by Gasteiger charge is 2.48. The molecule has 1 aliphatic heterocycles. The van der Waals surface area contributed by atoms with E-state index < -0.39 is 48.7 Å². The van der Waals surface area contributed by atoms with Gasteiger partial charge in [0.1, 0.15) is 59.3 Å². The van der Waals surface area contributed by atoms with Gasteiger partial charge in [-0.15, -0.1) is 5.10 Å². The summed E-state index contributed by atoms with van der Waals surface area (Å²) in [5, 5.41) is 44.6. The summed E-state index contributed by atoms with van der Waals surface area (Å²) in [6.07, 6.45) is -3.96. The Labute approximate surface area is 218 Å². The van der Waals surface area contributed by atoms with Crippen molar-refractivity contribution in [3.8, 4) is 16.9 Å². The van der Waals surface area contributed by atoms with Crippen LogP contribution in [0, 0.1) is 18.6 Å². The molecule has 0 bridgehead atoms. The minimum absolute atomic E-state index is 0.0154. The summed E-state index contributed by atoms with van der Waals surface area (Å²) in [4.78, 5) is 4.32. The number of benzene rings is 2. The Morgan fingerprint density at radius 2 is 1.84 bits per heavy atom. The highest BCUT2D eigenvalue weighted by atomic mass is 35.5. The highest BCUT2D eigenvalue weighted by Crippen LogP contribution is 2.39. The fraction of sp³-hybridized carbons (Fsp3) is 0.304. The SMILES string of the molecule is Cc1nc([C@@H]2O[C@H](CO)[C@H](O)[C@H](n3cc(-c4ccc(Cl)c(F)c4)nn3)[C@H]2O)n(-c2cc(Cl)ccc2F)n1. The normalized spacial score (nSPS) is 23.9. The average molecular weight is 553 g/mol. The molecule has 4 aromatic rings. The van der Waals surface area contributed by atoms with Crippen LogP contribution in [0.4, 0.5) is 8.78 Å². The van der Waals surface area contributed by atoms with Gasteiger partial charge in [0.05, 0.1) is 17.8 Å². The quantitative estimate of drug-likeness (QED) is 0.344. The Morgan fingerprint density at radius 1 is 1.05 bits per heavy atom. The molecule has 1 aliphatic rings. The zero-order valence-electron chi connectivity index (χ0n) is 19.1. The largest absolute Gasteiger partial charge is 0.394 e. The number of halogens is 4. The predicted molar refractivity (Wildman–Crippen MR) is 127 cm³/mol. The molecule has 3 N–H and O–H groups in total. The number of hydrogen-bond acceptors (Lipinski definition) is 8. The molecule has 1 fully saturated rings. The third-order valence-electron chi connectivity index (χ3n) is 6.05. The van der Waals surface area contributed by atoms with Crippen LogP contribution in [0.15, 0.2) is 42.6 Å². The average Bonchev–Trinajstić information content (AvgIpc) is 3.50. The first-order valence-corrected chi connectivity index (χ1v) is 11.8. The number of aliphatic hydroxyl groups is 3. The highest BCUT2D eigenvalue weighted by molar-refractivity contribution is 6.31. The zero-order valence-corrected chi connectivity index (χ0v) is 20.6. The van der Waals surface area contributed by atoms with Crippen molar-refractivity contribution in [2.75, 3.05) is 6.61 Å². The van der Waals surface area contributed by atoms with Crippen molar-refractivity contribution in [2.45, 2.75) is 37.4 Å². The minimum Gasteiger partial charge on any atom is -0.394 e. The second kappa shape index (κ2) is 10.0. The van der Waals surface area contributed by atoms with Gasteiger partial charge in [-0.2, -0.15) is 5.10 Å². The van der Waals surface area contributed by atoms with Crippen LogP contribution >= 0.6 is 23.2 Å². The summed E-state index contributed by atoms with van der Waals surface area (Å²) in [5.41, 5.74) is 0.583. The Kier molecular flexibility index (Phi) is 6.96. The van der Waals surface area contributed by atoms with Crippen LogP contribution in [-0.2, 0) is 4.74 Å². The molecule has 3 heterocycles. The van der Waals surface area contributed by atoms with E-state index in [0.29, 0.717) is 5.56 Å². The fourth-order valence-electron chi connectivity index (χ4n) is 4.28. The van der Waals surface area contributed by atoms with E-state index in [0.717, 1.165) is 10.7 Å². The van der Waals surface area contributed by atoms with Gasteiger partial charge in [-0.05, 0) is 37.3 Å². The number of rotatable bonds is 5. The number of aryl methyl sites for hydroxylation is 1. The molecular weight excluding hydrogens is 533 g/mol. The van der Waals surface area contributed by atoms with Gasteiger partial charge in [0, 0.05) is 10.6 Å². The molecule has 1 saturated heterocycles. The summed E-state index contributed by atoms with van der Waals surface area (Å²) in [6.45, 7) is 0.964. The lowest BCUT2D eigenvalue weighted by atomic mass is 9.92. The summed E-state index contributed by atoms with van der Waals surface area (Å²) in [7, 11) is 0. The maximum absolute atomic E-state index is 14.7. The summed E-state index contributed by atoms with van der Waals surface area (Å²) < 4.78 is 36.8. The third-order valence-corrected chi connectivity index (χ3v) is 6.59. The monoisotopic (exact) mass is 552 g/mol. The molecule has 2 aromatic heterocycles. The van der Waals surface area contributed by atoms with Crippen molar-refractivity contribution in [1.82, 2.24) is 29.8 Å². The first kappa shape index (κ1) is 25.6. The van der Waals surface area contributed by atoms with Gasteiger partial charge >= 0.3 is 0 Å². The van der Waals surface area contributed by atoms with E-state index in [1.54, 1.807) is 13.0 Å². The number of aromatic nitrogens is 6. The molecule has 5 atom stereocenters. The molecule has 0 aliphatic carbocycles. The lowest BCUT2D eigenvalue weighted by molar-refractivity contribution is -0.210. The van der Waals surface area contributed by atoms with Gasteiger partial charge in [-0.25, -0.2) is 23.1 Å². The van der Waals surface area contributed by atoms with Crippen molar-refractivity contribution < 1.29 is 28.8 Å². The summed E-state index contributed by atoms with van der Waals surface area (Å²) in [5.74, 6) is -1.03. The molecule has 0 spiro atoms. The molecule has 0 radical (unpaired) electrons. The van der Waals surface area contributed by atoms with Crippen LogP contribution in [0.1, 0.15) is 23.8 Å². The first-order valence-electron chi connectivity index (χ1n) is 11.1. The molecule has 0 amide bonds. The van der Waals surface area contributed by atoms with Crippen LogP contribution in [0.3, 0.4) is 0 Å². The van der Waals surface area contributed by atoms with Crippen molar-refractivity contribution in [3.63, 3.8) is 0 Å². The van der Waals surface area contributed by atoms with E-state index in [4.69, 9.17) is 27.9 Å². The van der Waals surface area contributed by atoms with Crippen LogP contribution in [0.2, 0.25) is 10.0 Å². The maximum Gasteiger partial charge on any atom is 0.164 e. The third kappa shape index (κ3) is 4.72. The van der Waals surface area contributed by atoms with E-state index in [1.807, 2.05) is 0 Å². The molecular formula is C23H20Cl2F2N6O4. The maximum atomic E-state index is 14.7. The molecule has 5 rings (SSSR count). The molecule has 0 saturated carbocycles. The van der Waals surface area contributed by atoms with Crippen molar-refractivity contribution >= 4 is 23.2 Å². The molecule has 14 heteroatoms. The Balaban J connectivity index is 1.55. The number of hydrogen-bond donors (Lipinski definition) is 3. The van der Waals surface area contributed by atoms with Gasteiger partial charge in [0.25, 0.3) is 0 Å². The lowest BCUT2D eigenvalue weighted by Crippen LogP contribution is -2.53. The predicted octanol–water partition coefficient (Wildman–Crippen LogP) is 2.81. The molecule has 194 valence electrons. The first-order chi connectivity index (χ1) is 17.7. The van der Waals surface area contributed by atoms with E-state index in [-0.39, 0.29) is 33.1 Å². The fourth-order valence-corrected chi connectivity index (χ4v) is 4.56. The van der Waals surface area contributed by atoms with E-state index in [2.05, 4.69) is 20.4 Å². The summed E-state index contributed by atoms with van der Waals surface area (Å²) >= 11 is 11.8. The Hall–Kier alpha value is -3.00. The van der Waals surface area contributed by atoms with E-state index >= 15 is 0 Å². The molecule has 10 nitrogen and oxygen atoms in total. The van der Waals surface area contributed by atoms with Crippen LogP contribution < -0.4 is 0 Å². The van der Waals surface area contributed by atoms with Gasteiger partial charge in [0.2, 0.25) is 0 Å². The van der Waals surface area contributed by atoms with Crippen LogP contribution in [-0.4, -0.2) is 70.0 Å². The topological polar surface area (TPSA) is 131 Å². The Morgan fingerprint density at radius 3 is 2.57 bits per heavy atom. The molecule has 2 aromatic carbocycles. The van der Waals surface area contributed by atoms with Crippen LogP contribution in [0.25, 0.3) is 16.9 Å². The van der Waals surface area contributed by atoms with Crippen molar-refractivity contribution in [1.29, 1.82) is 0 Å². The number of aliphatic hydroxyl groups excluding tert-OH is 3. The van der Waals surface area contributed by atoms with Gasteiger partial charge in [0.15, 0.2) is 5.82 Å². The number of nitrogens with zero attached hydrogens (tertiary/aromatic N) is 6. The Bertz CT molecular complexity index is 1450. The van der Waals surface area contributed by atoms with Gasteiger partial charge in [-0.3, -0.25) is 0 Å². The standard InChI is InChI=1S/C23H20Cl2F2N6O4/c1-10-28-23(33(30-10)17-7-12(24)3-5-14(17)26)22-21(36)19(20(35)18(9-34)37-22)32-8-16(29-31-32)11-2-4-13(25)15(27)6-11/h2-8,18-22,34-36H,9H2,1H3/t18-,19+,20+,21-,22-/m1/s1.